The lowest BCUT2D eigenvalue weighted by atomic mass is 9.84. The van der Waals surface area contributed by atoms with E-state index in [1.54, 1.807) is 0 Å². The quantitative estimate of drug-likeness (QED) is 0.837. The molecule has 0 amide bonds. The molecule has 1 atom stereocenters. The highest BCUT2D eigenvalue weighted by molar-refractivity contribution is 5.31. The lowest BCUT2D eigenvalue weighted by molar-refractivity contribution is 0.0327. The third-order valence-electron chi connectivity index (χ3n) is 4.04. The zero-order chi connectivity index (χ0) is 14.6. The van der Waals surface area contributed by atoms with Crippen molar-refractivity contribution in [2.75, 3.05) is 0 Å². The van der Waals surface area contributed by atoms with Crippen LogP contribution in [0.3, 0.4) is 0 Å². The highest BCUT2D eigenvalue weighted by atomic mass is 16.3. The van der Waals surface area contributed by atoms with Gasteiger partial charge >= 0.3 is 0 Å². The third kappa shape index (κ3) is 3.29. The van der Waals surface area contributed by atoms with Gasteiger partial charge in [0, 0.05) is 6.42 Å². The molecule has 0 heterocycles. The van der Waals surface area contributed by atoms with Crippen LogP contribution in [0.15, 0.2) is 54.6 Å². The molecule has 0 fully saturated rings. The molecule has 20 heavy (non-hydrogen) atoms. The first-order valence-electron chi connectivity index (χ1n) is 7.42. The minimum Gasteiger partial charge on any atom is -0.385 e. The fourth-order valence-corrected chi connectivity index (χ4v) is 2.54. The second-order valence-corrected chi connectivity index (χ2v) is 5.82. The summed E-state index contributed by atoms with van der Waals surface area (Å²) in [7, 11) is 0. The number of hydrogen-bond donors (Lipinski definition) is 1. The van der Waals surface area contributed by atoms with Gasteiger partial charge in [0.25, 0.3) is 0 Å². The smallest absolute Gasteiger partial charge is 0.0934 e. The fourth-order valence-electron chi connectivity index (χ4n) is 2.54. The van der Waals surface area contributed by atoms with E-state index in [1.807, 2.05) is 25.1 Å². The molecule has 0 aliphatic carbocycles. The van der Waals surface area contributed by atoms with Crippen molar-refractivity contribution in [3.63, 3.8) is 0 Å². The molecule has 1 unspecified atom stereocenters. The van der Waals surface area contributed by atoms with E-state index in [9.17, 15) is 5.11 Å². The Hall–Kier alpha value is -1.60. The molecule has 2 aromatic rings. The maximum atomic E-state index is 11.0. The molecule has 106 valence electrons. The molecule has 0 aliphatic heterocycles. The summed E-state index contributed by atoms with van der Waals surface area (Å²) in [5.41, 5.74) is 2.71. The highest BCUT2D eigenvalue weighted by Gasteiger charge is 2.27. The van der Waals surface area contributed by atoms with Crippen molar-refractivity contribution >= 4 is 0 Å². The molecule has 0 saturated carbocycles. The number of hydrogen-bond acceptors (Lipinski definition) is 1. The van der Waals surface area contributed by atoms with Crippen LogP contribution < -0.4 is 0 Å². The molecule has 2 rings (SSSR count). The van der Waals surface area contributed by atoms with Crippen LogP contribution >= 0.6 is 0 Å². The predicted molar refractivity (Wildman–Crippen MR) is 84.9 cm³/mol. The van der Waals surface area contributed by atoms with E-state index >= 15 is 0 Å². The van der Waals surface area contributed by atoms with Crippen molar-refractivity contribution in [2.24, 2.45) is 0 Å². The van der Waals surface area contributed by atoms with Gasteiger partial charge < -0.3 is 5.11 Å². The van der Waals surface area contributed by atoms with E-state index in [4.69, 9.17) is 0 Å². The average molecular weight is 268 g/mol. The summed E-state index contributed by atoms with van der Waals surface area (Å²) < 4.78 is 0. The van der Waals surface area contributed by atoms with Crippen molar-refractivity contribution in [1.82, 2.24) is 0 Å². The maximum Gasteiger partial charge on any atom is 0.0934 e. The molecule has 0 aromatic heterocycles. The average Bonchev–Trinajstić information content (AvgIpc) is 2.48. The van der Waals surface area contributed by atoms with E-state index < -0.39 is 5.60 Å². The Bertz CT molecular complexity index is 527. The standard InChI is InChI=1S/C19H24O/c1-4-19(20,14-16-8-6-5-7-9-16)18-12-10-17(11-13-18)15(2)3/h5-13,15,20H,4,14H2,1-3H3. The number of aliphatic hydroxyl groups is 1. The second kappa shape index (κ2) is 6.23. The Balaban J connectivity index is 2.26. The molecule has 1 nitrogen and oxygen atoms in total. The Morgan fingerprint density at radius 2 is 1.55 bits per heavy atom. The fraction of sp³-hybridized carbons (Fsp3) is 0.368. The van der Waals surface area contributed by atoms with Gasteiger partial charge in [-0.3, -0.25) is 0 Å². The van der Waals surface area contributed by atoms with E-state index in [2.05, 4.69) is 50.2 Å². The molecule has 0 saturated heterocycles. The molecule has 1 heteroatoms. The van der Waals surface area contributed by atoms with Gasteiger partial charge in [-0.1, -0.05) is 75.4 Å². The van der Waals surface area contributed by atoms with Gasteiger partial charge in [0.2, 0.25) is 0 Å². The summed E-state index contributed by atoms with van der Waals surface area (Å²) in [4.78, 5) is 0. The molecular weight excluding hydrogens is 244 g/mol. The van der Waals surface area contributed by atoms with Crippen LogP contribution in [0.5, 0.6) is 0 Å². The van der Waals surface area contributed by atoms with Crippen molar-refractivity contribution in [3.8, 4) is 0 Å². The van der Waals surface area contributed by atoms with Gasteiger partial charge in [0.05, 0.1) is 5.60 Å². The van der Waals surface area contributed by atoms with E-state index in [1.165, 1.54) is 11.1 Å². The summed E-state index contributed by atoms with van der Waals surface area (Å²) in [6.07, 6.45) is 1.37. The summed E-state index contributed by atoms with van der Waals surface area (Å²) in [6, 6.07) is 18.6. The first kappa shape index (κ1) is 14.8. The lowest BCUT2D eigenvalue weighted by Crippen LogP contribution is -2.27. The maximum absolute atomic E-state index is 11.0. The van der Waals surface area contributed by atoms with Crippen LogP contribution in [0.4, 0.5) is 0 Å². The first-order chi connectivity index (χ1) is 9.55. The van der Waals surface area contributed by atoms with Crippen LogP contribution in [0.1, 0.15) is 49.8 Å². The van der Waals surface area contributed by atoms with Gasteiger partial charge in [0.1, 0.15) is 0 Å². The zero-order valence-corrected chi connectivity index (χ0v) is 12.6. The summed E-state index contributed by atoms with van der Waals surface area (Å²) in [5, 5.41) is 11.0. The largest absolute Gasteiger partial charge is 0.385 e. The van der Waals surface area contributed by atoms with Crippen molar-refractivity contribution < 1.29 is 5.11 Å². The van der Waals surface area contributed by atoms with Gasteiger partial charge in [-0.2, -0.15) is 0 Å². The Morgan fingerprint density at radius 3 is 2.05 bits per heavy atom. The molecular formula is C19H24O. The zero-order valence-electron chi connectivity index (χ0n) is 12.6. The van der Waals surface area contributed by atoms with Gasteiger partial charge in [-0.05, 0) is 29.0 Å². The summed E-state index contributed by atoms with van der Waals surface area (Å²) in [6.45, 7) is 6.41. The SMILES string of the molecule is CCC(O)(Cc1ccccc1)c1ccc(C(C)C)cc1. The molecule has 0 spiro atoms. The predicted octanol–water partition coefficient (Wildman–Crippen LogP) is 4.65. The minimum atomic E-state index is -0.781. The summed E-state index contributed by atoms with van der Waals surface area (Å²) in [5.74, 6) is 0.521. The molecule has 0 aliphatic rings. The second-order valence-electron chi connectivity index (χ2n) is 5.82. The molecule has 2 aromatic carbocycles. The van der Waals surface area contributed by atoms with Crippen molar-refractivity contribution in [2.45, 2.75) is 45.1 Å². The highest BCUT2D eigenvalue weighted by Crippen LogP contribution is 2.30. The Kier molecular flexibility index (Phi) is 4.61. The Labute approximate surface area is 122 Å². The molecule has 1 N–H and O–H groups in total. The van der Waals surface area contributed by atoms with E-state index in [-0.39, 0.29) is 0 Å². The number of rotatable bonds is 5. The third-order valence-corrected chi connectivity index (χ3v) is 4.04. The van der Waals surface area contributed by atoms with Gasteiger partial charge in [-0.25, -0.2) is 0 Å². The number of benzene rings is 2. The monoisotopic (exact) mass is 268 g/mol. The van der Waals surface area contributed by atoms with E-state index in [0.29, 0.717) is 18.8 Å². The van der Waals surface area contributed by atoms with Crippen LogP contribution in [-0.2, 0) is 12.0 Å². The normalized spacial score (nSPS) is 14.2. The van der Waals surface area contributed by atoms with Gasteiger partial charge in [0.15, 0.2) is 0 Å². The Morgan fingerprint density at radius 1 is 0.950 bits per heavy atom. The van der Waals surface area contributed by atoms with Crippen molar-refractivity contribution in [3.05, 3.63) is 71.3 Å². The molecule has 0 radical (unpaired) electrons. The minimum absolute atomic E-state index is 0.521. The van der Waals surface area contributed by atoms with Crippen LogP contribution in [-0.4, -0.2) is 5.11 Å². The van der Waals surface area contributed by atoms with Crippen LogP contribution in [0, 0.1) is 0 Å². The van der Waals surface area contributed by atoms with Gasteiger partial charge in [-0.15, -0.1) is 0 Å². The molecule has 0 bridgehead atoms. The van der Waals surface area contributed by atoms with Crippen LogP contribution in [0.2, 0.25) is 0 Å². The first-order valence-corrected chi connectivity index (χ1v) is 7.42. The van der Waals surface area contributed by atoms with E-state index in [0.717, 1.165) is 5.56 Å². The van der Waals surface area contributed by atoms with Crippen LogP contribution in [0.25, 0.3) is 0 Å². The lowest BCUT2D eigenvalue weighted by Gasteiger charge is -2.28. The topological polar surface area (TPSA) is 20.2 Å². The summed E-state index contributed by atoms with van der Waals surface area (Å²) >= 11 is 0. The van der Waals surface area contributed by atoms with Crippen molar-refractivity contribution in [1.29, 1.82) is 0 Å².